The molecule has 0 atom stereocenters. The van der Waals surface area contributed by atoms with E-state index in [9.17, 15) is 4.79 Å². The Morgan fingerprint density at radius 1 is 1.08 bits per heavy atom. The van der Waals surface area contributed by atoms with E-state index in [2.05, 4.69) is 55.0 Å². The molecule has 0 aliphatic heterocycles. The SMILES string of the molecule is CCN(CC)c1ccc(C(=O)Nc2nc3c(C)c(C)ccc3s2)cc1. The molecule has 5 heteroatoms. The molecule has 1 aromatic heterocycles. The summed E-state index contributed by atoms with van der Waals surface area (Å²) >= 11 is 1.51. The maximum absolute atomic E-state index is 12.5. The highest BCUT2D eigenvalue weighted by atomic mass is 32.1. The van der Waals surface area contributed by atoms with Gasteiger partial charge in [-0.3, -0.25) is 10.1 Å². The van der Waals surface area contributed by atoms with Gasteiger partial charge in [-0.05, 0) is 69.2 Å². The second kappa shape index (κ2) is 7.23. The Morgan fingerprint density at radius 2 is 1.76 bits per heavy atom. The minimum absolute atomic E-state index is 0.125. The molecule has 3 rings (SSSR count). The lowest BCUT2D eigenvalue weighted by molar-refractivity contribution is 0.102. The highest BCUT2D eigenvalue weighted by Crippen LogP contribution is 2.30. The van der Waals surface area contributed by atoms with Gasteiger partial charge in [0, 0.05) is 24.3 Å². The van der Waals surface area contributed by atoms with Crippen LogP contribution in [-0.2, 0) is 0 Å². The van der Waals surface area contributed by atoms with Crippen LogP contribution in [-0.4, -0.2) is 24.0 Å². The Labute approximate surface area is 152 Å². The molecular weight excluding hydrogens is 330 g/mol. The van der Waals surface area contributed by atoms with E-state index in [1.165, 1.54) is 16.9 Å². The first-order chi connectivity index (χ1) is 12.0. The minimum atomic E-state index is -0.125. The van der Waals surface area contributed by atoms with Crippen LogP contribution < -0.4 is 10.2 Å². The van der Waals surface area contributed by atoms with E-state index in [0.717, 1.165) is 34.6 Å². The topological polar surface area (TPSA) is 45.2 Å². The van der Waals surface area contributed by atoms with Crippen molar-refractivity contribution in [3.63, 3.8) is 0 Å². The summed E-state index contributed by atoms with van der Waals surface area (Å²) in [6, 6.07) is 11.9. The quantitative estimate of drug-likeness (QED) is 0.701. The Hall–Kier alpha value is -2.40. The predicted molar refractivity (Wildman–Crippen MR) is 107 cm³/mol. The molecule has 1 amide bonds. The normalized spacial score (nSPS) is 10.9. The number of fused-ring (bicyclic) bond motifs is 1. The highest BCUT2D eigenvalue weighted by Gasteiger charge is 2.12. The number of anilines is 2. The molecule has 0 aliphatic rings. The maximum Gasteiger partial charge on any atom is 0.257 e. The van der Waals surface area contributed by atoms with Crippen molar-refractivity contribution in [3.8, 4) is 0 Å². The van der Waals surface area contributed by atoms with E-state index in [-0.39, 0.29) is 5.91 Å². The molecule has 0 saturated heterocycles. The number of nitrogens with one attached hydrogen (secondary N) is 1. The van der Waals surface area contributed by atoms with E-state index < -0.39 is 0 Å². The molecule has 0 bridgehead atoms. The fourth-order valence-electron chi connectivity index (χ4n) is 2.86. The molecule has 4 nitrogen and oxygen atoms in total. The van der Waals surface area contributed by atoms with Crippen LogP contribution in [0.1, 0.15) is 35.3 Å². The van der Waals surface area contributed by atoms with Gasteiger partial charge in [0.25, 0.3) is 5.91 Å². The number of amides is 1. The van der Waals surface area contributed by atoms with Crippen LogP contribution >= 0.6 is 11.3 Å². The number of rotatable bonds is 5. The fraction of sp³-hybridized carbons (Fsp3) is 0.300. The van der Waals surface area contributed by atoms with Gasteiger partial charge in [0.1, 0.15) is 0 Å². The average Bonchev–Trinajstić information content (AvgIpc) is 3.03. The number of aryl methyl sites for hydroxylation is 2. The largest absolute Gasteiger partial charge is 0.372 e. The van der Waals surface area contributed by atoms with Crippen molar-refractivity contribution in [1.82, 2.24) is 4.98 Å². The van der Waals surface area contributed by atoms with Gasteiger partial charge in [0.05, 0.1) is 10.2 Å². The monoisotopic (exact) mass is 353 g/mol. The van der Waals surface area contributed by atoms with Crippen LogP contribution in [0.15, 0.2) is 36.4 Å². The van der Waals surface area contributed by atoms with Crippen LogP contribution in [0.5, 0.6) is 0 Å². The van der Waals surface area contributed by atoms with Crippen molar-refractivity contribution in [1.29, 1.82) is 0 Å². The van der Waals surface area contributed by atoms with Crippen molar-refractivity contribution < 1.29 is 4.79 Å². The van der Waals surface area contributed by atoms with E-state index in [4.69, 9.17) is 0 Å². The van der Waals surface area contributed by atoms with Crippen molar-refractivity contribution in [2.75, 3.05) is 23.3 Å². The van der Waals surface area contributed by atoms with Gasteiger partial charge in [-0.15, -0.1) is 0 Å². The zero-order valence-corrected chi connectivity index (χ0v) is 15.9. The lowest BCUT2D eigenvalue weighted by atomic mass is 10.1. The van der Waals surface area contributed by atoms with Crippen LogP contribution in [0.3, 0.4) is 0 Å². The Bertz CT molecular complexity index is 895. The van der Waals surface area contributed by atoms with E-state index >= 15 is 0 Å². The molecule has 0 radical (unpaired) electrons. The smallest absolute Gasteiger partial charge is 0.257 e. The molecule has 3 aromatic rings. The van der Waals surface area contributed by atoms with Gasteiger partial charge in [-0.25, -0.2) is 4.98 Å². The zero-order valence-electron chi connectivity index (χ0n) is 15.1. The third-order valence-electron chi connectivity index (χ3n) is 4.56. The number of carbonyl (C=O) groups is 1. The Kier molecular flexibility index (Phi) is 5.04. The van der Waals surface area contributed by atoms with Gasteiger partial charge in [0.15, 0.2) is 5.13 Å². The van der Waals surface area contributed by atoms with Gasteiger partial charge in [-0.1, -0.05) is 17.4 Å². The molecule has 1 N–H and O–H groups in total. The number of benzene rings is 2. The lowest BCUT2D eigenvalue weighted by Gasteiger charge is -2.20. The summed E-state index contributed by atoms with van der Waals surface area (Å²) in [5, 5.41) is 3.57. The molecule has 130 valence electrons. The van der Waals surface area contributed by atoms with Crippen LogP contribution in [0.4, 0.5) is 10.8 Å². The molecule has 1 heterocycles. The lowest BCUT2D eigenvalue weighted by Crippen LogP contribution is -2.21. The summed E-state index contributed by atoms with van der Waals surface area (Å²) in [5.41, 5.74) is 5.12. The second-order valence-corrected chi connectivity index (χ2v) is 7.08. The third-order valence-corrected chi connectivity index (χ3v) is 5.50. The molecule has 25 heavy (non-hydrogen) atoms. The molecule has 0 aliphatic carbocycles. The van der Waals surface area contributed by atoms with Crippen molar-refractivity contribution in [3.05, 3.63) is 53.1 Å². The van der Waals surface area contributed by atoms with Crippen molar-refractivity contribution in [2.45, 2.75) is 27.7 Å². The minimum Gasteiger partial charge on any atom is -0.372 e. The number of aromatic nitrogens is 1. The summed E-state index contributed by atoms with van der Waals surface area (Å²) in [6.45, 7) is 10.3. The second-order valence-electron chi connectivity index (χ2n) is 6.05. The van der Waals surface area contributed by atoms with Crippen LogP contribution in [0, 0.1) is 13.8 Å². The number of thiazole rings is 1. The van der Waals surface area contributed by atoms with E-state index in [1.807, 2.05) is 24.3 Å². The summed E-state index contributed by atoms with van der Waals surface area (Å²) in [7, 11) is 0. The molecular formula is C20H23N3OS. The average molecular weight is 353 g/mol. The standard InChI is InChI=1S/C20H23N3OS/c1-5-23(6-2)16-10-8-15(9-11-16)19(24)22-20-21-18-14(4)13(3)7-12-17(18)25-20/h7-12H,5-6H2,1-4H3,(H,21,22,24). The van der Waals surface area contributed by atoms with E-state index in [0.29, 0.717) is 10.7 Å². The molecule has 2 aromatic carbocycles. The van der Waals surface area contributed by atoms with E-state index in [1.54, 1.807) is 0 Å². The van der Waals surface area contributed by atoms with Gasteiger partial charge >= 0.3 is 0 Å². The van der Waals surface area contributed by atoms with Gasteiger partial charge in [0.2, 0.25) is 0 Å². The van der Waals surface area contributed by atoms with Crippen LogP contribution in [0.25, 0.3) is 10.2 Å². The van der Waals surface area contributed by atoms with Crippen molar-refractivity contribution in [2.24, 2.45) is 0 Å². The maximum atomic E-state index is 12.5. The molecule has 0 spiro atoms. The Balaban J connectivity index is 1.79. The van der Waals surface area contributed by atoms with Gasteiger partial charge < -0.3 is 4.90 Å². The summed E-state index contributed by atoms with van der Waals surface area (Å²) in [6.07, 6.45) is 0. The number of nitrogens with zero attached hydrogens (tertiary/aromatic N) is 2. The predicted octanol–water partition coefficient (Wildman–Crippen LogP) is 5.01. The summed E-state index contributed by atoms with van der Waals surface area (Å²) in [4.78, 5) is 19.3. The fourth-order valence-corrected chi connectivity index (χ4v) is 3.78. The molecule has 0 fully saturated rings. The highest BCUT2D eigenvalue weighted by molar-refractivity contribution is 7.22. The summed E-state index contributed by atoms with van der Waals surface area (Å²) in [5.74, 6) is -0.125. The number of carbonyl (C=O) groups excluding carboxylic acids is 1. The first kappa shape index (κ1) is 17.4. The Morgan fingerprint density at radius 3 is 2.40 bits per heavy atom. The third kappa shape index (κ3) is 3.51. The van der Waals surface area contributed by atoms with Gasteiger partial charge in [-0.2, -0.15) is 0 Å². The number of hydrogen-bond donors (Lipinski definition) is 1. The first-order valence-corrected chi connectivity index (χ1v) is 9.38. The van der Waals surface area contributed by atoms with Crippen molar-refractivity contribution >= 4 is 38.3 Å². The summed E-state index contributed by atoms with van der Waals surface area (Å²) < 4.78 is 1.09. The van der Waals surface area contributed by atoms with Crippen LogP contribution in [0.2, 0.25) is 0 Å². The molecule has 0 saturated carbocycles. The first-order valence-electron chi connectivity index (χ1n) is 8.56. The zero-order chi connectivity index (χ0) is 18.0. The molecule has 0 unspecified atom stereocenters. The number of hydrogen-bond acceptors (Lipinski definition) is 4.